The van der Waals surface area contributed by atoms with Crippen molar-refractivity contribution in [3.63, 3.8) is 0 Å². The van der Waals surface area contributed by atoms with Gasteiger partial charge in [-0.2, -0.15) is 0 Å². The molecule has 25 heavy (non-hydrogen) atoms. The van der Waals surface area contributed by atoms with Crippen LogP contribution in [0.1, 0.15) is 40.0 Å². The van der Waals surface area contributed by atoms with Crippen molar-refractivity contribution in [3.05, 3.63) is 24.3 Å². The average Bonchev–Trinajstić information content (AvgIpc) is 2.98. The second-order valence-corrected chi connectivity index (χ2v) is 8.66. The lowest BCUT2D eigenvalue weighted by Gasteiger charge is -2.36. The van der Waals surface area contributed by atoms with Gasteiger partial charge in [0.05, 0.1) is 5.75 Å². The highest BCUT2D eigenvalue weighted by atomic mass is 32.2. The third-order valence-corrected chi connectivity index (χ3v) is 5.32. The third kappa shape index (κ3) is 4.39. The summed E-state index contributed by atoms with van der Waals surface area (Å²) in [6.07, 6.45) is 2.41. The van der Waals surface area contributed by atoms with Crippen molar-refractivity contribution in [2.75, 3.05) is 12.3 Å². The van der Waals surface area contributed by atoms with Gasteiger partial charge in [0, 0.05) is 12.6 Å². The van der Waals surface area contributed by atoms with E-state index in [4.69, 9.17) is 9.15 Å². The van der Waals surface area contributed by atoms with Crippen LogP contribution in [0, 0.1) is 0 Å². The van der Waals surface area contributed by atoms with Crippen LogP contribution >= 0.6 is 0 Å². The number of hydrogen-bond donors (Lipinski definition) is 0. The maximum atomic E-state index is 12.7. The summed E-state index contributed by atoms with van der Waals surface area (Å²) in [6, 6.07) is 7.22. The van der Waals surface area contributed by atoms with Gasteiger partial charge in [-0.05, 0) is 52.2 Å². The van der Waals surface area contributed by atoms with Gasteiger partial charge < -0.3 is 14.1 Å². The molecule has 2 atom stereocenters. The van der Waals surface area contributed by atoms with Gasteiger partial charge in [0.1, 0.15) is 21.9 Å². The van der Waals surface area contributed by atoms with Crippen LogP contribution in [0.4, 0.5) is 4.79 Å². The fourth-order valence-corrected chi connectivity index (χ4v) is 4.15. The average molecular weight is 364 g/mol. The molecule has 2 unspecified atom stereocenters. The van der Waals surface area contributed by atoms with Crippen molar-refractivity contribution >= 4 is 28.0 Å². The molecule has 136 valence electrons. The fourth-order valence-electron chi connectivity index (χ4n) is 2.93. The van der Waals surface area contributed by atoms with Crippen molar-refractivity contribution in [1.82, 2.24) is 9.88 Å². The van der Waals surface area contributed by atoms with Crippen LogP contribution in [0.25, 0.3) is 11.1 Å². The number of ether oxygens (including phenoxy) is 1. The molecule has 1 saturated heterocycles. The number of aromatic nitrogens is 1. The second-order valence-electron chi connectivity index (χ2n) is 7.28. The molecule has 0 N–H and O–H groups in total. The summed E-state index contributed by atoms with van der Waals surface area (Å²) in [5.74, 6) is 0.312. The Bertz CT molecular complexity index is 748. The zero-order chi connectivity index (χ0) is 18.0. The van der Waals surface area contributed by atoms with Crippen molar-refractivity contribution in [1.29, 1.82) is 0 Å². The number of para-hydroxylation sites is 2. The van der Waals surface area contributed by atoms with E-state index >= 15 is 0 Å². The molecule has 1 aliphatic heterocycles. The number of likely N-dealkylation sites (tertiary alicyclic amines) is 1. The molecule has 3 rings (SSSR count). The monoisotopic (exact) mass is 364 g/mol. The Labute approximate surface area is 150 Å². The SMILES string of the molecule is CC(C)(C)OC(=O)N1CCCCC1CS(=O)c1nc2ccccc2o1. The van der Waals surface area contributed by atoms with E-state index in [1.54, 1.807) is 11.0 Å². The number of benzene rings is 1. The highest BCUT2D eigenvalue weighted by Crippen LogP contribution is 2.24. The number of carbonyl (C=O) groups is 1. The van der Waals surface area contributed by atoms with E-state index in [-0.39, 0.29) is 17.4 Å². The van der Waals surface area contributed by atoms with E-state index in [2.05, 4.69) is 4.98 Å². The second kappa shape index (κ2) is 7.15. The Kier molecular flexibility index (Phi) is 5.13. The van der Waals surface area contributed by atoms with E-state index in [1.807, 2.05) is 39.0 Å². The van der Waals surface area contributed by atoms with E-state index in [0.717, 1.165) is 19.3 Å². The molecular formula is C18H24N2O4S. The van der Waals surface area contributed by atoms with Crippen LogP contribution in [0.15, 0.2) is 33.9 Å². The van der Waals surface area contributed by atoms with Gasteiger partial charge in [0.25, 0.3) is 5.22 Å². The molecule has 1 fully saturated rings. The number of rotatable bonds is 3. The Morgan fingerprint density at radius 2 is 2.12 bits per heavy atom. The summed E-state index contributed by atoms with van der Waals surface area (Å²) in [5, 5.41) is 0.218. The van der Waals surface area contributed by atoms with Crippen molar-refractivity contribution in [2.45, 2.75) is 56.9 Å². The van der Waals surface area contributed by atoms with E-state index < -0.39 is 16.4 Å². The standard InChI is InChI=1S/C18H24N2O4S/c1-18(2,3)24-17(21)20-11-7-6-8-13(20)12-25(22)16-19-14-9-4-5-10-15(14)23-16/h4-5,9-10,13H,6-8,11-12H2,1-3H3. The Morgan fingerprint density at radius 1 is 1.36 bits per heavy atom. The van der Waals surface area contributed by atoms with Crippen LogP contribution in [0.2, 0.25) is 0 Å². The molecule has 7 heteroatoms. The lowest BCUT2D eigenvalue weighted by Crippen LogP contribution is -2.48. The minimum atomic E-state index is -1.40. The van der Waals surface area contributed by atoms with Crippen LogP contribution in [-0.2, 0) is 15.5 Å². The Balaban J connectivity index is 1.72. The van der Waals surface area contributed by atoms with Gasteiger partial charge in [0.2, 0.25) is 0 Å². The van der Waals surface area contributed by atoms with Crippen molar-refractivity contribution < 1.29 is 18.2 Å². The summed E-state index contributed by atoms with van der Waals surface area (Å²) >= 11 is 0. The lowest BCUT2D eigenvalue weighted by atomic mass is 10.0. The van der Waals surface area contributed by atoms with Gasteiger partial charge in [-0.15, -0.1) is 0 Å². The first kappa shape index (κ1) is 17.9. The summed E-state index contributed by atoms with van der Waals surface area (Å²) in [6.45, 7) is 6.17. The van der Waals surface area contributed by atoms with E-state index in [1.165, 1.54) is 0 Å². The first-order chi connectivity index (χ1) is 11.8. The predicted molar refractivity (Wildman–Crippen MR) is 95.9 cm³/mol. The number of carbonyl (C=O) groups excluding carboxylic acids is 1. The first-order valence-electron chi connectivity index (χ1n) is 8.57. The quantitative estimate of drug-likeness (QED) is 0.830. The van der Waals surface area contributed by atoms with E-state index in [0.29, 0.717) is 23.4 Å². The third-order valence-electron chi connectivity index (χ3n) is 4.07. The van der Waals surface area contributed by atoms with Crippen LogP contribution in [0.3, 0.4) is 0 Å². The smallest absolute Gasteiger partial charge is 0.410 e. The largest absolute Gasteiger partial charge is 0.444 e. The van der Waals surface area contributed by atoms with Crippen molar-refractivity contribution in [3.8, 4) is 0 Å². The summed E-state index contributed by atoms with van der Waals surface area (Å²) in [7, 11) is -1.40. The molecule has 1 aromatic heterocycles. The lowest BCUT2D eigenvalue weighted by molar-refractivity contribution is 0.0125. The molecule has 0 bridgehead atoms. The van der Waals surface area contributed by atoms with Crippen LogP contribution in [-0.4, -0.2) is 44.1 Å². The first-order valence-corrected chi connectivity index (χ1v) is 9.89. The van der Waals surface area contributed by atoms with Gasteiger partial charge in [0.15, 0.2) is 5.58 Å². The van der Waals surface area contributed by atoms with Crippen LogP contribution in [0.5, 0.6) is 0 Å². The maximum absolute atomic E-state index is 12.7. The predicted octanol–water partition coefficient (Wildman–Crippen LogP) is 3.73. The van der Waals surface area contributed by atoms with Gasteiger partial charge in [-0.25, -0.2) is 14.0 Å². The summed E-state index contributed by atoms with van der Waals surface area (Å²) in [5.41, 5.74) is 0.774. The van der Waals surface area contributed by atoms with E-state index in [9.17, 15) is 9.00 Å². The Morgan fingerprint density at radius 3 is 2.84 bits per heavy atom. The minimum Gasteiger partial charge on any atom is -0.444 e. The number of oxazole rings is 1. The van der Waals surface area contributed by atoms with Gasteiger partial charge in [-0.1, -0.05) is 12.1 Å². The molecule has 0 aliphatic carbocycles. The number of piperidine rings is 1. The summed E-state index contributed by atoms with van der Waals surface area (Å²) in [4.78, 5) is 18.5. The number of hydrogen-bond acceptors (Lipinski definition) is 5. The molecule has 6 nitrogen and oxygen atoms in total. The highest BCUT2D eigenvalue weighted by Gasteiger charge is 2.32. The molecule has 1 aromatic carbocycles. The molecular weight excluding hydrogens is 340 g/mol. The summed E-state index contributed by atoms with van der Waals surface area (Å²) < 4.78 is 23.8. The molecule has 2 aromatic rings. The molecule has 1 amide bonds. The highest BCUT2D eigenvalue weighted by molar-refractivity contribution is 7.84. The maximum Gasteiger partial charge on any atom is 0.410 e. The molecule has 0 saturated carbocycles. The van der Waals surface area contributed by atoms with Crippen molar-refractivity contribution in [2.24, 2.45) is 0 Å². The van der Waals surface area contributed by atoms with Gasteiger partial charge in [-0.3, -0.25) is 0 Å². The molecule has 2 heterocycles. The van der Waals surface area contributed by atoms with Crippen LogP contribution < -0.4 is 0 Å². The molecule has 1 aliphatic rings. The Hall–Kier alpha value is -1.89. The topological polar surface area (TPSA) is 72.6 Å². The molecule has 0 spiro atoms. The normalized spacial score (nSPS) is 19.8. The zero-order valence-electron chi connectivity index (χ0n) is 14.9. The zero-order valence-corrected chi connectivity index (χ0v) is 15.7. The number of nitrogens with zero attached hydrogens (tertiary/aromatic N) is 2. The minimum absolute atomic E-state index is 0.126. The van der Waals surface area contributed by atoms with Gasteiger partial charge >= 0.3 is 6.09 Å². The number of amides is 1. The number of fused-ring (bicyclic) bond motifs is 1. The fraction of sp³-hybridized carbons (Fsp3) is 0.556. The molecule has 0 radical (unpaired) electrons.